The number of thioether (sulfide) groups is 1. The molecule has 2 aromatic carbocycles. The Kier molecular flexibility index (Phi) is 6.92. The largest absolute Gasteiger partial charge is 0.396 e. The summed E-state index contributed by atoms with van der Waals surface area (Å²) in [6.07, 6.45) is 1.01. The van der Waals surface area contributed by atoms with Gasteiger partial charge in [-0.15, -0.1) is 11.8 Å². The van der Waals surface area contributed by atoms with Crippen LogP contribution in [0, 0.1) is 11.8 Å². The molecule has 9 heteroatoms. The fourth-order valence-corrected chi connectivity index (χ4v) is 9.45. The van der Waals surface area contributed by atoms with Crippen molar-refractivity contribution in [2.45, 2.75) is 40.3 Å². The van der Waals surface area contributed by atoms with Gasteiger partial charge in [-0.3, -0.25) is 14.4 Å². The number of anilines is 1. The van der Waals surface area contributed by atoms with Gasteiger partial charge >= 0.3 is 0 Å². The molecule has 35 heavy (non-hydrogen) atoms. The van der Waals surface area contributed by atoms with Crippen LogP contribution in [-0.2, 0) is 20.9 Å². The fraction of sp³-hybridized carbons (Fsp3) is 0.423. The molecule has 3 aliphatic heterocycles. The van der Waals surface area contributed by atoms with Gasteiger partial charge in [0.25, 0.3) is 0 Å². The van der Waals surface area contributed by atoms with Gasteiger partial charge in [0.15, 0.2) is 0 Å². The first-order chi connectivity index (χ1) is 17.0. The van der Waals surface area contributed by atoms with Crippen LogP contribution in [0.3, 0.4) is 0 Å². The number of halogens is 1. The second kappa shape index (κ2) is 9.95. The molecule has 6 atom stereocenters. The van der Waals surface area contributed by atoms with Gasteiger partial charge in [-0.25, -0.2) is 0 Å². The SMILES string of the molecule is O=C(NCc1ccccc1)C1N(CCCO)C(=O)[C@@H]2[C@@H](C(=O)Nc3ccccc3)[C@@H]3SC12CC3Br. The van der Waals surface area contributed by atoms with E-state index in [2.05, 4.69) is 26.6 Å². The highest BCUT2D eigenvalue weighted by Gasteiger charge is 2.75. The summed E-state index contributed by atoms with van der Waals surface area (Å²) in [5.74, 6) is -1.69. The monoisotopic (exact) mass is 557 g/mol. The zero-order valence-electron chi connectivity index (χ0n) is 19.1. The van der Waals surface area contributed by atoms with E-state index in [0.717, 1.165) is 5.56 Å². The summed E-state index contributed by atoms with van der Waals surface area (Å²) in [7, 11) is 0. The molecule has 1 spiro atoms. The van der Waals surface area contributed by atoms with E-state index in [9.17, 15) is 19.5 Å². The number of hydrogen-bond donors (Lipinski definition) is 3. The molecule has 7 nitrogen and oxygen atoms in total. The number of nitrogens with zero attached hydrogens (tertiary/aromatic N) is 1. The second-order valence-electron chi connectivity index (χ2n) is 9.33. The quantitative estimate of drug-likeness (QED) is 0.433. The first-order valence-corrected chi connectivity index (χ1v) is 13.7. The van der Waals surface area contributed by atoms with E-state index in [-0.39, 0.29) is 41.0 Å². The van der Waals surface area contributed by atoms with Crippen LogP contribution in [0.5, 0.6) is 0 Å². The number of carbonyl (C=O) groups excluding carboxylic acids is 3. The zero-order valence-corrected chi connectivity index (χ0v) is 21.5. The average molecular weight is 558 g/mol. The molecule has 2 aromatic rings. The molecule has 2 bridgehead atoms. The highest BCUT2D eigenvalue weighted by atomic mass is 79.9. The molecule has 3 unspecified atom stereocenters. The van der Waals surface area contributed by atoms with Crippen molar-refractivity contribution in [2.75, 3.05) is 18.5 Å². The summed E-state index contributed by atoms with van der Waals surface area (Å²) in [5.41, 5.74) is 1.66. The normalized spacial score (nSPS) is 30.9. The van der Waals surface area contributed by atoms with E-state index in [1.807, 2.05) is 60.7 Å². The average Bonchev–Trinajstić information content (AvgIpc) is 3.46. The predicted molar refractivity (Wildman–Crippen MR) is 139 cm³/mol. The lowest BCUT2D eigenvalue weighted by molar-refractivity contribution is -0.139. The minimum Gasteiger partial charge on any atom is -0.396 e. The Labute approximate surface area is 217 Å². The van der Waals surface area contributed by atoms with Crippen molar-refractivity contribution in [1.29, 1.82) is 0 Å². The molecular weight excluding hydrogens is 530 g/mol. The van der Waals surface area contributed by atoms with Crippen LogP contribution >= 0.6 is 27.7 Å². The Morgan fingerprint density at radius 3 is 2.46 bits per heavy atom. The number of carbonyl (C=O) groups is 3. The minimum absolute atomic E-state index is 0.0188. The molecule has 3 amide bonds. The summed E-state index contributed by atoms with van der Waals surface area (Å²) in [5, 5.41) is 15.4. The Hall–Kier alpha value is -2.36. The number of fused-ring (bicyclic) bond motifs is 1. The predicted octanol–water partition coefficient (Wildman–Crippen LogP) is 2.79. The van der Waals surface area contributed by atoms with Crippen LogP contribution in [0.4, 0.5) is 5.69 Å². The van der Waals surface area contributed by atoms with Crippen molar-refractivity contribution in [3.05, 3.63) is 66.2 Å². The Morgan fingerprint density at radius 1 is 1.09 bits per heavy atom. The van der Waals surface area contributed by atoms with Gasteiger partial charge in [0.1, 0.15) is 6.04 Å². The van der Waals surface area contributed by atoms with E-state index in [4.69, 9.17) is 0 Å². The van der Waals surface area contributed by atoms with Crippen molar-refractivity contribution in [3.63, 3.8) is 0 Å². The van der Waals surface area contributed by atoms with Crippen molar-refractivity contribution in [1.82, 2.24) is 10.2 Å². The maximum absolute atomic E-state index is 13.8. The number of hydrogen-bond acceptors (Lipinski definition) is 5. The summed E-state index contributed by atoms with van der Waals surface area (Å²) in [6.45, 7) is 0.569. The molecule has 184 valence electrons. The van der Waals surface area contributed by atoms with Gasteiger partial charge in [-0.1, -0.05) is 64.5 Å². The summed E-state index contributed by atoms with van der Waals surface area (Å²) >= 11 is 5.37. The lowest BCUT2D eigenvalue weighted by Crippen LogP contribution is -2.54. The number of rotatable bonds is 8. The van der Waals surface area contributed by atoms with Gasteiger partial charge in [0, 0.05) is 35.5 Å². The van der Waals surface area contributed by atoms with Crippen molar-refractivity contribution in [2.24, 2.45) is 11.8 Å². The van der Waals surface area contributed by atoms with Crippen LogP contribution in [0.25, 0.3) is 0 Å². The maximum Gasteiger partial charge on any atom is 0.244 e. The Morgan fingerprint density at radius 2 is 1.77 bits per heavy atom. The number of benzene rings is 2. The van der Waals surface area contributed by atoms with Crippen LogP contribution in [0.2, 0.25) is 0 Å². The first-order valence-electron chi connectivity index (χ1n) is 11.9. The standard InChI is InChI=1S/C26H28BrN3O4S/c27-18-14-26-20(19(21(18)35-26)23(32)29-17-10-5-2-6-11-17)25(34)30(12-7-13-31)22(26)24(33)28-15-16-8-3-1-4-9-16/h1-6,8-11,18-22,31H,7,12-15H2,(H,28,33)(H,29,32)/t18?,19-,20+,21-,22?,26?/m1/s1. The Balaban J connectivity index is 1.44. The second-order valence-corrected chi connectivity index (χ2v) is 12.0. The lowest BCUT2D eigenvalue weighted by Gasteiger charge is -2.35. The number of aliphatic hydroxyl groups is 1. The molecule has 0 saturated carbocycles. The molecule has 0 aromatic heterocycles. The zero-order chi connectivity index (χ0) is 24.6. The molecular formula is C26H28BrN3O4S. The number of alkyl halides is 1. The number of nitrogens with one attached hydrogen (secondary N) is 2. The third-order valence-corrected chi connectivity index (χ3v) is 10.5. The molecule has 0 radical (unpaired) electrons. The topological polar surface area (TPSA) is 98.7 Å². The molecule has 3 fully saturated rings. The van der Waals surface area contributed by atoms with E-state index in [0.29, 0.717) is 25.1 Å². The summed E-state index contributed by atoms with van der Waals surface area (Å²) in [6, 6.07) is 18.2. The van der Waals surface area contributed by atoms with Crippen LogP contribution in [-0.4, -0.2) is 61.7 Å². The smallest absolute Gasteiger partial charge is 0.244 e. The summed E-state index contributed by atoms with van der Waals surface area (Å²) in [4.78, 5) is 42.6. The van der Waals surface area contributed by atoms with E-state index in [1.165, 1.54) is 0 Å². The third kappa shape index (κ3) is 4.27. The Bertz CT molecular complexity index is 1100. The lowest BCUT2D eigenvalue weighted by atomic mass is 9.70. The first kappa shape index (κ1) is 24.3. The molecule has 5 rings (SSSR count). The van der Waals surface area contributed by atoms with Gasteiger partial charge in [0.05, 0.1) is 16.6 Å². The van der Waals surface area contributed by atoms with Crippen molar-refractivity contribution >= 4 is 51.1 Å². The fourth-order valence-electron chi connectivity index (χ4n) is 5.84. The third-order valence-electron chi connectivity index (χ3n) is 7.25. The number of amides is 3. The number of aliphatic hydroxyl groups excluding tert-OH is 1. The van der Waals surface area contributed by atoms with Gasteiger partial charge < -0.3 is 20.6 Å². The van der Waals surface area contributed by atoms with Crippen molar-refractivity contribution in [3.8, 4) is 0 Å². The molecule has 3 N–H and O–H groups in total. The van der Waals surface area contributed by atoms with Crippen LogP contribution < -0.4 is 10.6 Å². The maximum atomic E-state index is 13.8. The van der Waals surface area contributed by atoms with E-state index >= 15 is 0 Å². The number of para-hydroxylation sites is 1. The van der Waals surface area contributed by atoms with E-state index < -0.39 is 22.6 Å². The van der Waals surface area contributed by atoms with Crippen LogP contribution in [0.15, 0.2) is 60.7 Å². The highest BCUT2D eigenvalue weighted by Crippen LogP contribution is 2.67. The number of likely N-dealkylation sites (tertiary alicyclic amines) is 1. The van der Waals surface area contributed by atoms with Gasteiger partial charge in [0.2, 0.25) is 17.7 Å². The molecule has 3 heterocycles. The van der Waals surface area contributed by atoms with Gasteiger partial charge in [-0.05, 0) is 30.5 Å². The highest BCUT2D eigenvalue weighted by molar-refractivity contribution is 9.09. The van der Waals surface area contributed by atoms with E-state index in [1.54, 1.807) is 16.7 Å². The van der Waals surface area contributed by atoms with Gasteiger partial charge in [-0.2, -0.15) is 0 Å². The molecule has 3 saturated heterocycles. The summed E-state index contributed by atoms with van der Waals surface area (Å²) < 4.78 is -0.690. The van der Waals surface area contributed by atoms with Crippen molar-refractivity contribution < 1.29 is 19.5 Å². The minimum atomic E-state index is -0.695. The molecule has 3 aliphatic rings. The molecule has 0 aliphatic carbocycles. The van der Waals surface area contributed by atoms with Crippen LogP contribution in [0.1, 0.15) is 18.4 Å².